The van der Waals surface area contributed by atoms with Crippen LogP contribution >= 0.6 is 0 Å². The highest BCUT2D eigenvalue weighted by Gasteiger charge is 2.14. The van der Waals surface area contributed by atoms with Gasteiger partial charge in [-0.3, -0.25) is 4.79 Å². The van der Waals surface area contributed by atoms with E-state index in [0.29, 0.717) is 6.54 Å². The number of carboxylic acid groups (broad SMARTS) is 1. The van der Waals surface area contributed by atoms with Crippen LogP contribution in [0.3, 0.4) is 0 Å². The Hall–Kier alpha value is -1.86. The van der Waals surface area contributed by atoms with E-state index in [1.54, 1.807) is 0 Å². The highest BCUT2D eigenvalue weighted by molar-refractivity contribution is 5.67. The van der Waals surface area contributed by atoms with Gasteiger partial charge in [0.1, 0.15) is 5.82 Å². The van der Waals surface area contributed by atoms with Crippen LogP contribution in [0.4, 0.5) is 11.5 Å². The predicted octanol–water partition coefficient (Wildman–Crippen LogP) is 0.761. The van der Waals surface area contributed by atoms with E-state index in [9.17, 15) is 4.79 Å². The lowest BCUT2D eigenvalue weighted by atomic mass is 10.3. The van der Waals surface area contributed by atoms with Gasteiger partial charge in [0.05, 0.1) is 31.5 Å². The molecule has 2 rings (SSSR count). The number of carboxylic acids is 1. The van der Waals surface area contributed by atoms with Gasteiger partial charge in [0.25, 0.3) is 0 Å². The van der Waals surface area contributed by atoms with E-state index in [0.717, 1.165) is 50.9 Å². The predicted molar refractivity (Wildman–Crippen MR) is 90.3 cm³/mol. The molecule has 1 aromatic heterocycles. The van der Waals surface area contributed by atoms with Gasteiger partial charge in [0.2, 0.25) is 0 Å². The van der Waals surface area contributed by atoms with Gasteiger partial charge in [-0.1, -0.05) is 0 Å². The zero-order valence-electron chi connectivity index (χ0n) is 13.9. The molecule has 0 bridgehead atoms. The van der Waals surface area contributed by atoms with E-state index in [4.69, 9.17) is 9.84 Å². The van der Waals surface area contributed by atoms with Gasteiger partial charge in [-0.15, -0.1) is 0 Å². The molecule has 1 aromatic rings. The summed E-state index contributed by atoms with van der Waals surface area (Å²) in [6.07, 6.45) is 1.96. The third-order valence-electron chi connectivity index (χ3n) is 3.85. The van der Waals surface area contributed by atoms with E-state index in [1.165, 1.54) is 0 Å². The normalized spacial score (nSPS) is 15.0. The Morgan fingerprint density at radius 2 is 2.00 bits per heavy atom. The monoisotopic (exact) mass is 322 g/mol. The van der Waals surface area contributed by atoms with Crippen molar-refractivity contribution in [2.75, 3.05) is 69.8 Å². The van der Waals surface area contributed by atoms with Crippen LogP contribution < -0.4 is 9.80 Å². The second kappa shape index (κ2) is 8.69. The molecule has 2 heterocycles. The molecule has 0 aliphatic carbocycles. The second-order valence-corrected chi connectivity index (χ2v) is 5.91. The third kappa shape index (κ3) is 5.69. The largest absolute Gasteiger partial charge is 0.481 e. The number of aliphatic carboxylic acids is 1. The number of hydrogen-bond donors (Lipinski definition) is 1. The molecule has 0 radical (unpaired) electrons. The zero-order chi connectivity index (χ0) is 16.7. The number of rotatable bonds is 8. The molecule has 1 fully saturated rings. The molecular weight excluding hydrogens is 296 g/mol. The van der Waals surface area contributed by atoms with Gasteiger partial charge >= 0.3 is 5.97 Å². The first-order chi connectivity index (χ1) is 11.1. The Morgan fingerprint density at radius 3 is 2.57 bits per heavy atom. The fraction of sp³-hybridized carbons (Fsp3) is 0.625. The van der Waals surface area contributed by atoms with Crippen LogP contribution in [0.2, 0.25) is 0 Å². The van der Waals surface area contributed by atoms with Crippen LogP contribution in [0.5, 0.6) is 0 Å². The van der Waals surface area contributed by atoms with Crippen LogP contribution in [0.1, 0.15) is 6.42 Å². The topological polar surface area (TPSA) is 69.1 Å². The maximum absolute atomic E-state index is 10.9. The quantitative estimate of drug-likeness (QED) is 0.758. The number of ether oxygens (including phenoxy) is 1. The number of nitrogens with zero attached hydrogens (tertiary/aromatic N) is 4. The number of likely N-dealkylation sites (N-methyl/N-ethyl adjacent to an activating group) is 1. The van der Waals surface area contributed by atoms with Crippen molar-refractivity contribution in [3.05, 3.63) is 18.3 Å². The molecule has 0 saturated carbocycles. The van der Waals surface area contributed by atoms with Crippen LogP contribution in [-0.2, 0) is 9.53 Å². The molecule has 7 nitrogen and oxygen atoms in total. The van der Waals surface area contributed by atoms with Gasteiger partial charge in [0, 0.05) is 32.7 Å². The van der Waals surface area contributed by atoms with Crippen molar-refractivity contribution >= 4 is 17.5 Å². The minimum atomic E-state index is -0.780. The van der Waals surface area contributed by atoms with Gasteiger partial charge in [-0.25, -0.2) is 4.98 Å². The molecule has 0 spiro atoms. The lowest BCUT2D eigenvalue weighted by Gasteiger charge is -2.29. The molecule has 0 atom stereocenters. The molecular formula is C16H26N4O3. The van der Waals surface area contributed by atoms with Gasteiger partial charge in [-0.2, -0.15) is 0 Å². The molecule has 0 unspecified atom stereocenters. The van der Waals surface area contributed by atoms with Crippen molar-refractivity contribution in [3.8, 4) is 0 Å². The summed E-state index contributed by atoms with van der Waals surface area (Å²) in [4.78, 5) is 21.8. The first-order valence-corrected chi connectivity index (χ1v) is 7.96. The van der Waals surface area contributed by atoms with Gasteiger partial charge in [0.15, 0.2) is 0 Å². The molecule has 1 N–H and O–H groups in total. The summed E-state index contributed by atoms with van der Waals surface area (Å²) >= 11 is 0. The Bertz CT molecular complexity index is 487. The van der Waals surface area contributed by atoms with Crippen molar-refractivity contribution in [2.24, 2.45) is 0 Å². The summed E-state index contributed by atoms with van der Waals surface area (Å²) in [6.45, 7) is 5.31. The average Bonchev–Trinajstić information content (AvgIpc) is 2.55. The van der Waals surface area contributed by atoms with Crippen molar-refractivity contribution in [1.29, 1.82) is 0 Å². The fourth-order valence-electron chi connectivity index (χ4n) is 2.47. The number of anilines is 2. The minimum absolute atomic E-state index is 0.124. The fourth-order valence-corrected chi connectivity index (χ4v) is 2.47. The number of morpholine rings is 1. The summed E-state index contributed by atoms with van der Waals surface area (Å²) in [5, 5.41) is 8.93. The van der Waals surface area contributed by atoms with Crippen LogP contribution in [0.25, 0.3) is 0 Å². The lowest BCUT2D eigenvalue weighted by Crippen LogP contribution is -2.37. The summed E-state index contributed by atoms with van der Waals surface area (Å²) in [5.74, 6) is 0.167. The van der Waals surface area contributed by atoms with Crippen molar-refractivity contribution < 1.29 is 14.6 Å². The molecule has 7 heteroatoms. The Morgan fingerprint density at radius 1 is 1.26 bits per heavy atom. The molecule has 128 valence electrons. The molecule has 1 aliphatic rings. The van der Waals surface area contributed by atoms with Crippen LogP contribution in [0.15, 0.2) is 18.3 Å². The number of aromatic nitrogens is 1. The Kier molecular flexibility index (Phi) is 6.61. The third-order valence-corrected chi connectivity index (χ3v) is 3.85. The van der Waals surface area contributed by atoms with E-state index < -0.39 is 5.97 Å². The highest BCUT2D eigenvalue weighted by Crippen LogP contribution is 2.19. The smallest absolute Gasteiger partial charge is 0.305 e. The summed E-state index contributed by atoms with van der Waals surface area (Å²) in [7, 11) is 4.02. The maximum atomic E-state index is 10.9. The first-order valence-electron chi connectivity index (χ1n) is 7.96. The number of pyridine rings is 1. The number of hydrogen-bond acceptors (Lipinski definition) is 6. The maximum Gasteiger partial charge on any atom is 0.305 e. The van der Waals surface area contributed by atoms with Crippen molar-refractivity contribution in [2.45, 2.75) is 6.42 Å². The molecule has 0 amide bonds. The summed E-state index contributed by atoms with van der Waals surface area (Å²) < 4.78 is 5.35. The molecule has 0 aromatic carbocycles. The SMILES string of the molecule is CN(C)CCN(CCC(=O)O)c1ccc(N2CCOCC2)nc1. The van der Waals surface area contributed by atoms with Crippen LogP contribution in [-0.4, -0.2) is 81.0 Å². The zero-order valence-corrected chi connectivity index (χ0v) is 13.9. The average molecular weight is 322 g/mol. The minimum Gasteiger partial charge on any atom is -0.481 e. The molecule has 1 aliphatic heterocycles. The van der Waals surface area contributed by atoms with Gasteiger partial charge < -0.3 is 24.5 Å². The molecule has 1 saturated heterocycles. The summed E-state index contributed by atoms with van der Waals surface area (Å²) in [5.41, 5.74) is 0.963. The summed E-state index contributed by atoms with van der Waals surface area (Å²) in [6, 6.07) is 4.03. The van der Waals surface area contributed by atoms with E-state index in [-0.39, 0.29) is 6.42 Å². The lowest BCUT2D eigenvalue weighted by molar-refractivity contribution is -0.136. The van der Waals surface area contributed by atoms with E-state index in [1.807, 2.05) is 32.4 Å². The standard InChI is InChI=1S/C16H26N4O3/c1-18(2)7-8-19(6-5-16(21)22)14-3-4-15(17-13-14)20-9-11-23-12-10-20/h3-4,13H,5-12H2,1-2H3,(H,21,22). The first kappa shape index (κ1) is 17.5. The second-order valence-electron chi connectivity index (χ2n) is 5.91. The van der Waals surface area contributed by atoms with Crippen molar-refractivity contribution in [3.63, 3.8) is 0 Å². The van der Waals surface area contributed by atoms with Gasteiger partial charge in [-0.05, 0) is 26.2 Å². The van der Waals surface area contributed by atoms with E-state index in [2.05, 4.69) is 19.7 Å². The Balaban J connectivity index is 2.02. The van der Waals surface area contributed by atoms with E-state index >= 15 is 0 Å². The highest BCUT2D eigenvalue weighted by atomic mass is 16.5. The van der Waals surface area contributed by atoms with Crippen molar-refractivity contribution in [1.82, 2.24) is 9.88 Å². The van der Waals surface area contributed by atoms with Crippen LogP contribution in [0, 0.1) is 0 Å². The molecule has 23 heavy (non-hydrogen) atoms. The number of carbonyl (C=O) groups is 1. The Labute approximate surface area is 137 Å².